The van der Waals surface area contributed by atoms with Crippen molar-refractivity contribution >= 4 is 35.2 Å². The Morgan fingerprint density at radius 1 is 0.782 bits per heavy atom. The third-order valence-corrected chi connectivity index (χ3v) is 9.57. The molecule has 3 N–H and O–H groups in total. The van der Waals surface area contributed by atoms with Gasteiger partial charge in [-0.05, 0) is 88.1 Å². The van der Waals surface area contributed by atoms with Crippen molar-refractivity contribution in [1.82, 2.24) is 15.2 Å². The van der Waals surface area contributed by atoms with Crippen LogP contribution in [0, 0.1) is 18.8 Å². The summed E-state index contributed by atoms with van der Waals surface area (Å²) in [5, 5.41) is 14.4. The second kappa shape index (κ2) is 26.7. The van der Waals surface area contributed by atoms with Gasteiger partial charge in [0.05, 0.1) is 65.0 Å². The summed E-state index contributed by atoms with van der Waals surface area (Å²) in [6, 6.07) is 11.5. The molecule has 0 saturated heterocycles. The number of nitrogens with zero attached hydrogens (tertiary/aromatic N) is 2. The van der Waals surface area contributed by atoms with Gasteiger partial charge in [-0.3, -0.25) is 24.0 Å². The van der Waals surface area contributed by atoms with E-state index in [2.05, 4.69) is 10.6 Å². The second-order valence-corrected chi connectivity index (χ2v) is 13.9. The number of rotatable bonds is 29. The minimum atomic E-state index is -0.889. The number of ketones is 1. The molecular formula is C41H62N4O10. The summed E-state index contributed by atoms with van der Waals surface area (Å²) in [6.07, 6.45) is 8.15. The number of carboxylic acids is 1. The van der Waals surface area contributed by atoms with Crippen LogP contribution in [0.2, 0.25) is 0 Å². The van der Waals surface area contributed by atoms with Crippen LogP contribution in [0.1, 0.15) is 87.2 Å². The zero-order valence-electron chi connectivity index (χ0n) is 32.8. The van der Waals surface area contributed by atoms with Crippen LogP contribution in [0.3, 0.4) is 0 Å². The lowest BCUT2D eigenvalue weighted by atomic mass is 9.79. The first-order chi connectivity index (χ1) is 26.7. The lowest BCUT2D eigenvalue weighted by Crippen LogP contribution is -2.34. The molecule has 0 atom stereocenters. The Morgan fingerprint density at radius 2 is 1.45 bits per heavy atom. The number of ether oxygens (including phenoxy) is 4. The number of carbonyl (C=O) groups is 5. The highest BCUT2D eigenvalue weighted by molar-refractivity contribution is 5.97. The van der Waals surface area contributed by atoms with Gasteiger partial charge in [0.2, 0.25) is 17.7 Å². The predicted molar refractivity (Wildman–Crippen MR) is 208 cm³/mol. The highest BCUT2D eigenvalue weighted by Crippen LogP contribution is 2.32. The third-order valence-electron chi connectivity index (χ3n) is 9.57. The maximum atomic E-state index is 13.3. The van der Waals surface area contributed by atoms with E-state index in [0.717, 1.165) is 56.2 Å². The summed E-state index contributed by atoms with van der Waals surface area (Å²) >= 11 is 0. The Hall–Kier alpha value is -4.11. The van der Waals surface area contributed by atoms with Crippen molar-refractivity contribution in [3.8, 4) is 0 Å². The fourth-order valence-electron chi connectivity index (χ4n) is 6.55. The molecule has 306 valence electrons. The largest absolute Gasteiger partial charge is 0.481 e. The first-order valence-electron chi connectivity index (χ1n) is 19.8. The molecule has 0 spiro atoms. The Labute approximate surface area is 325 Å². The van der Waals surface area contributed by atoms with E-state index >= 15 is 0 Å². The van der Waals surface area contributed by atoms with Gasteiger partial charge in [0.25, 0.3) is 0 Å². The zero-order chi connectivity index (χ0) is 39.7. The molecule has 3 amide bonds. The monoisotopic (exact) mass is 770 g/mol. The molecule has 14 nitrogen and oxygen atoms in total. The Kier molecular flexibility index (Phi) is 21.9. The Morgan fingerprint density at radius 3 is 2.11 bits per heavy atom. The van der Waals surface area contributed by atoms with Crippen LogP contribution in [-0.4, -0.2) is 112 Å². The van der Waals surface area contributed by atoms with Crippen molar-refractivity contribution in [2.24, 2.45) is 11.8 Å². The van der Waals surface area contributed by atoms with E-state index in [9.17, 15) is 24.0 Å². The summed E-state index contributed by atoms with van der Waals surface area (Å²) < 4.78 is 23.1. The van der Waals surface area contributed by atoms with Crippen LogP contribution in [-0.2, 0) is 44.7 Å². The number of aromatic nitrogens is 1. The number of hydrogen-bond acceptors (Lipinski definition) is 9. The first kappa shape index (κ1) is 45.3. The van der Waals surface area contributed by atoms with Crippen molar-refractivity contribution in [3.05, 3.63) is 53.9 Å². The molecule has 1 heterocycles. The van der Waals surface area contributed by atoms with E-state index in [1.807, 2.05) is 44.2 Å². The van der Waals surface area contributed by atoms with Gasteiger partial charge >= 0.3 is 5.97 Å². The molecule has 2 aromatic rings. The van der Waals surface area contributed by atoms with Crippen LogP contribution in [0.15, 0.2) is 42.6 Å². The number of aryl methyl sites for hydroxylation is 1. The number of anilines is 1. The van der Waals surface area contributed by atoms with E-state index in [0.29, 0.717) is 84.4 Å². The number of carbonyl (C=O) groups excluding carboxylic acids is 4. The van der Waals surface area contributed by atoms with Gasteiger partial charge in [-0.1, -0.05) is 18.6 Å². The molecule has 1 aliphatic carbocycles. The number of nitrogens with one attached hydrogen (secondary N) is 2. The topological polar surface area (TPSA) is 175 Å². The molecule has 0 bridgehead atoms. The minimum absolute atomic E-state index is 0.0210. The SMILES string of the molecule is CCN(C(=O)Cn1cccc1C(=O)CC1CCC(C(=O)NCCCCCC(=O)NCCOCCOCCOCCOCCC(=O)O)CC1)c1cccc(C)c1. The lowest BCUT2D eigenvalue weighted by Gasteiger charge is -2.27. The standard InChI is InChI=1S/C41H62N4O10/c1-3-45(35-10-7-9-32(2)29-35)39(48)31-44-20-8-11-36(44)37(46)30-33-13-15-34(16-14-33)41(51)43-18-6-4-5-12-38(47)42-19-22-53-24-26-55-28-27-54-25-23-52-21-17-40(49)50/h7-11,20,29,33-34H,3-6,12-19,21-28,30-31H2,1-2H3,(H,42,47)(H,43,51)(H,49,50). The molecule has 1 aliphatic rings. The van der Waals surface area contributed by atoms with Gasteiger partial charge in [-0.2, -0.15) is 0 Å². The number of amides is 3. The minimum Gasteiger partial charge on any atom is -0.481 e. The molecule has 3 rings (SSSR count). The van der Waals surface area contributed by atoms with Crippen LogP contribution >= 0.6 is 0 Å². The molecule has 0 radical (unpaired) electrons. The van der Waals surface area contributed by atoms with Gasteiger partial charge in [-0.25, -0.2) is 0 Å². The van der Waals surface area contributed by atoms with Crippen molar-refractivity contribution in [1.29, 1.82) is 0 Å². The van der Waals surface area contributed by atoms with Gasteiger partial charge < -0.3 is 44.2 Å². The summed E-state index contributed by atoms with van der Waals surface area (Å²) in [6.45, 7) is 8.54. The van der Waals surface area contributed by atoms with Gasteiger partial charge in [-0.15, -0.1) is 0 Å². The van der Waals surface area contributed by atoms with Crippen molar-refractivity contribution in [2.45, 2.75) is 84.6 Å². The first-order valence-corrected chi connectivity index (χ1v) is 19.8. The molecule has 1 aromatic carbocycles. The van der Waals surface area contributed by atoms with E-state index in [4.69, 9.17) is 24.1 Å². The van der Waals surface area contributed by atoms with Gasteiger partial charge in [0.15, 0.2) is 5.78 Å². The number of unbranched alkanes of at least 4 members (excludes halogenated alkanes) is 2. The van der Waals surface area contributed by atoms with Crippen LogP contribution in [0.4, 0.5) is 5.69 Å². The Bertz CT molecular complexity index is 1460. The lowest BCUT2D eigenvalue weighted by molar-refractivity contribution is -0.138. The van der Waals surface area contributed by atoms with E-state index in [1.165, 1.54) is 0 Å². The van der Waals surface area contributed by atoms with Crippen molar-refractivity contribution < 1.29 is 48.0 Å². The van der Waals surface area contributed by atoms with Crippen LogP contribution in [0.5, 0.6) is 0 Å². The van der Waals surface area contributed by atoms with E-state index in [1.54, 1.807) is 21.7 Å². The molecule has 14 heteroatoms. The average Bonchev–Trinajstić information content (AvgIpc) is 3.63. The molecule has 1 saturated carbocycles. The molecule has 0 unspecified atom stereocenters. The van der Waals surface area contributed by atoms with E-state index in [-0.39, 0.29) is 54.9 Å². The number of hydrogen-bond donors (Lipinski definition) is 3. The molecule has 55 heavy (non-hydrogen) atoms. The highest BCUT2D eigenvalue weighted by atomic mass is 16.6. The number of carboxylic acid groups (broad SMARTS) is 1. The quantitative estimate of drug-likeness (QED) is 0.0786. The maximum Gasteiger partial charge on any atom is 0.305 e. The average molecular weight is 771 g/mol. The fraction of sp³-hybridized carbons (Fsp3) is 0.634. The van der Waals surface area contributed by atoms with Crippen LogP contribution in [0.25, 0.3) is 0 Å². The smallest absolute Gasteiger partial charge is 0.305 e. The third kappa shape index (κ3) is 18.4. The molecular weight excluding hydrogens is 708 g/mol. The molecule has 0 aliphatic heterocycles. The van der Waals surface area contributed by atoms with Gasteiger partial charge in [0, 0.05) is 50.3 Å². The summed E-state index contributed by atoms with van der Waals surface area (Å²) in [5.41, 5.74) is 2.48. The number of benzene rings is 1. The molecule has 1 aromatic heterocycles. The zero-order valence-corrected chi connectivity index (χ0v) is 32.8. The Balaban J connectivity index is 1.16. The van der Waals surface area contributed by atoms with E-state index < -0.39 is 5.97 Å². The highest BCUT2D eigenvalue weighted by Gasteiger charge is 2.28. The maximum absolute atomic E-state index is 13.3. The number of Topliss-reactive ketones (excluding diaryl/α,β-unsaturated/α-hetero) is 1. The molecule has 1 fully saturated rings. The fourth-order valence-corrected chi connectivity index (χ4v) is 6.55. The number of likely N-dealkylation sites (N-methyl/N-ethyl adjacent to an activating group) is 1. The normalized spacial score (nSPS) is 15.4. The summed E-state index contributed by atoms with van der Waals surface area (Å²) in [4.78, 5) is 63.6. The predicted octanol–water partition coefficient (Wildman–Crippen LogP) is 4.56. The van der Waals surface area contributed by atoms with Gasteiger partial charge in [0.1, 0.15) is 6.54 Å². The van der Waals surface area contributed by atoms with Crippen molar-refractivity contribution in [3.63, 3.8) is 0 Å². The van der Waals surface area contributed by atoms with Crippen LogP contribution < -0.4 is 15.5 Å². The summed E-state index contributed by atoms with van der Waals surface area (Å²) in [5.74, 6) is -0.702. The summed E-state index contributed by atoms with van der Waals surface area (Å²) in [7, 11) is 0. The van der Waals surface area contributed by atoms with Crippen molar-refractivity contribution in [2.75, 3.05) is 77.4 Å². The second-order valence-electron chi connectivity index (χ2n) is 13.9. The number of aliphatic carboxylic acids is 1.